The van der Waals surface area contributed by atoms with E-state index in [0.29, 0.717) is 22.1 Å². The van der Waals surface area contributed by atoms with Crippen LogP contribution in [-0.4, -0.2) is 31.2 Å². The van der Waals surface area contributed by atoms with Crippen molar-refractivity contribution in [3.8, 4) is 11.5 Å². The normalized spacial score (nSPS) is 12.5. The molecule has 0 spiro atoms. The first-order valence-corrected chi connectivity index (χ1v) is 9.23. The van der Waals surface area contributed by atoms with Crippen molar-refractivity contribution in [1.29, 1.82) is 0 Å². The van der Waals surface area contributed by atoms with Crippen LogP contribution in [0.25, 0.3) is 28.1 Å². The van der Waals surface area contributed by atoms with Crippen molar-refractivity contribution in [3.05, 3.63) is 45.8 Å². The summed E-state index contributed by atoms with van der Waals surface area (Å²) in [6.07, 6.45) is 1.59. The summed E-state index contributed by atoms with van der Waals surface area (Å²) in [5.41, 5.74) is 1.34. The van der Waals surface area contributed by atoms with E-state index >= 15 is 0 Å². The van der Waals surface area contributed by atoms with E-state index in [2.05, 4.69) is 15.1 Å². The molecule has 3 heterocycles. The van der Waals surface area contributed by atoms with E-state index < -0.39 is 5.60 Å². The number of aromatic nitrogens is 5. The maximum absolute atomic E-state index is 13.4. The molecule has 0 N–H and O–H groups in total. The number of benzene rings is 1. The zero-order valence-corrected chi connectivity index (χ0v) is 17.0. The minimum atomic E-state index is -0.748. The van der Waals surface area contributed by atoms with Crippen LogP contribution in [0.2, 0.25) is 5.02 Å². The Morgan fingerprint density at radius 1 is 1.25 bits per heavy atom. The summed E-state index contributed by atoms with van der Waals surface area (Å²) in [6, 6.07) is 5.36. The molecule has 4 rings (SSSR count). The van der Waals surface area contributed by atoms with Gasteiger partial charge in [-0.05, 0) is 45.9 Å². The lowest BCUT2D eigenvalue weighted by molar-refractivity contribution is -0.00786. The van der Waals surface area contributed by atoms with Crippen molar-refractivity contribution < 1.29 is 9.26 Å². The molecule has 0 unspecified atom stereocenters. The quantitative estimate of drug-likeness (QED) is 0.516. The number of methoxy groups -OCH3 is 1. The Bertz CT molecular complexity index is 1250. The molecular weight excluding hydrogens is 382 g/mol. The van der Waals surface area contributed by atoms with Crippen molar-refractivity contribution in [1.82, 2.24) is 24.1 Å². The molecule has 0 aliphatic carbocycles. The molecule has 0 aliphatic rings. The van der Waals surface area contributed by atoms with Crippen LogP contribution in [0.15, 0.2) is 33.8 Å². The van der Waals surface area contributed by atoms with Gasteiger partial charge < -0.3 is 13.8 Å². The summed E-state index contributed by atoms with van der Waals surface area (Å²) in [5.74, 6) is 0.547. The van der Waals surface area contributed by atoms with Crippen LogP contribution < -0.4 is 5.56 Å². The van der Waals surface area contributed by atoms with Gasteiger partial charge in [0.15, 0.2) is 0 Å². The predicted molar refractivity (Wildman–Crippen MR) is 106 cm³/mol. The topological polar surface area (TPSA) is 87.5 Å². The van der Waals surface area contributed by atoms with Crippen molar-refractivity contribution >= 4 is 28.2 Å². The SMILES string of the molecule is COC(C)(C)c1nc(-c2ncn3c2c(=O)n(C(C)C)c2cc(Cl)ccc23)no1. The van der Waals surface area contributed by atoms with E-state index in [-0.39, 0.29) is 17.4 Å². The molecule has 0 saturated heterocycles. The predicted octanol–water partition coefficient (Wildman–Crippen LogP) is 3.82. The molecule has 0 radical (unpaired) electrons. The zero-order valence-electron chi connectivity index (χ0n) is 16.2. The molecule has 0 atom stereocenters. The number of nitrogens with zero attached hydrogens (tertiary/aromatic N) is 5. The summed E-state index contributed by atoms with van der Waals surface area (Å²) in [4.78, 5) is 22.2. The summed E-state index contributed by atoms with van der Waals surface area (Å²) in [7, 11) is 1.56. The second-order valence-corrected chi connectivity index (χ2v) is 7.79. The number of rotatable bonds is 4. The van der Waals surface area contributed by atoms with E-state index in [1.54, 1.807) is 34.5 Å². The van der Waals surface area contributed by atoms with Gasteiger partial charge in [0.1, 0.15) is 23.1 Å². The first-order chi connectivity index (χ1) is 13.2. The summed E-state index contributed by atoms with van der Waals surface area (Å²) < 4.78 is 14.2. The van der Waals surface area contributed by atoms with Gasteiger partial charge in [0, 0.05) is 18.2 Å². The lowest BCUT2D eigenvalue weighted by Gasteiger charge is -2.16. The smallest absolute Gasteiger partial charge is 0.278 e. The third-order valence-corrected chi connectivity index (χ3v) is 5.06. The molecule has 0 aliphatic heterocycles. The first kappa shape index (κ1) is 18.6. The monoisotopic (exact) mass is 401 g/mol. The molecule has 28 heavy (non-hydrogen) atoms. The van der Waals surface area contributed by atoms with Crippen LogP contribution in [0, 0.1) is 0 Å². The van der Waals surface area contributed by atoms with Gasteiger partial charge >= 0.3 is 0 Å². The fourth-order valence-corrected chi connectivity index (χ4v) is 3.35. The van der Waals surface area contributed by atoms with Crippen molar-refractivity contribution in [3.63, 3.8) is 0 Å². The van der Waals surface area contributed by atoms with Crippen LogP contribution in [0.4, 0.5) is 0 Å². The van der Waals surface area contributed by atoms with E-state index in [4.69, 9.17) is 20.9 Å². The second-order valence-electron chi connectivity index (χ2n) is 7.35. The number of ether oxygens (including phenoxy) is 1. The van der Waals surface area contributed by atoms with Crippen molar-refractivity contribution in [2.75, 3.05) is 7.11 Å². The van der Waals surface area contributed by atoms with Crippen LogP contribution in [-0.2, 0) is 10.3 Å². The highest BCUT2D eigenvalue weighted by molar-refractivity contribution is 6.31. The third kappa shape index (κ3) is 2.71. The Morgan fingerprint density at radius 3 is 2.68 bits per heavy atom. The Labute approximate surface area is 165 Å². The van der Waals surface area contributed by atoms with E-state index in [9.17, 15) is 4.79 Å². The number of halogens is 1. The van der Waals surface area contributed by atoms with Gasteiger partial charge in [0.2, 0.25) is 5.82 Å². The molecule has 1 aromatic carbocycles. The standard InChI is InChI=1S/C19H20ClN5O3/c1-10(2)25-13-8-11(20)6-7-12(13)24-9-21-14(15(24)17(25)26)16-22-18(28-23-16)19(3,4)27-5/h6-10H,1-5H3. The van der Waals surface area contributed by atoms with Crippen molar-refractivity contribution in [2.24, 2.45) is 0 Å². The van der Waals surface area contributed by atoms with Gasteiger partial charge in [-0.15, -0.1) is 0 Å². The average molecular weight is 402 g/mol. The fourth-order valence-electron chi connectivity index (χ4n) is 3.18. The summed E-state index contributed by atoms with van der Waals surface area (Å²) >= 11 is 6.17. The Balaban J connectivity index is 2.05. The summed E-state index contributed by atoms with van der Waals surface area (Å²) in [6.45, 7) is 7.53. The minimum Gasteiger partial charge on any atom is -0.369 e. The van der Waals surface area contributed by atoms with Crippen LogP contribution in [0.1, 0.15) is 39.6 Å². The largest absolute Gasteiger partial charge is 0.369 e. The molecule has 0 saturated carbocycles. The number of hydrogen-bond donors (Lipinski definition) is 0. The van der Waals surface area contributed by atoms with Gasteiger partial charge in [-0.25, -0.2) is 4.98 Å². The molecule has 0 amide bonds. The lowest BCUT2D eigenvalue weighted by Crippen LogP contribution is -2.24. The van der Waals surface area contributed by atoms with Gasteiger partial charge in [0.05, 0.1) is 11.0 Å². The van der Waals surface area contributed by atoms with E-state index in [1.165, 1.54) is 0 Å². The average Bonchev–Trinajstić information content (AvgIpc) is 3.29. The first-order valence-electron chi connectivity index (χ1n) is 8.85. The number of fused-ring (bicyclic) bond motifs is 3. The molecule has 4 aromatic rings. The van der Waals surface area contributed by atoms with E-state index in [0.717, 1.165) is 11.0 Å². The minimum absolute atomic E-state index is 0.0746. The Hall–Kier alpha value is -2.71. The van der Waals surface area contributed by atoms with Gasteiger partial charge in [-0.1, -0.05) is 16.8 Å². The molecular formula is C19H20ClN5O3. The highest BCUT2D eigenvalue weighted by atomic mass is 35.5. The van der Waals surface area contributed by atoms with Crippen LogP contribution in [0.3, 0.4) is 0 Å². The van der Waals surface area contributed by atoms with Crippen LogP contribution in [0.5, 0.6) is 0 Å². The maximum atomic E-state index is 13.4. The van der Waals surface area contributed by atoms with Gasteiger partial charge in [-0.3, -0.25) is 9.20 Å². The fraction of sp³-hybridized carbons (Fsp3) is 0.368. The zero-order chi connectivity index (χ0) is 20.2. The molecule has 8 nitrogen and oxygen atoms in total. The molecule has 9 heteroatoms. The van der Waals surface area contributed by atoms with E-state index in [1.807, 2.05) is 33.8 Å². The number of imidazole rings is 1. The molecule has 3 aromatic heterocycles. The van der Waals surface area contributed by atoms with Gasteiger partial charge in [-0.2, -0.15) is 4.98 Å². The molecule has 0 fully saturated rings. The Kier molecular flexibility index (Phi) is 4.28. The Morgan fingerprint density at radius 2 is 2.00 bits per heavy atom. The molecule has 0 bridgehead atoms. The maximum Gasteiger partial charge on any atom is 0.278 e. The second kappa shape index (κ2) is 6.42. The lowest BCUT2D eigenvalue weighted by atomic mass is 10.1. The molecule has 146 valence electrons. The third-order valence-electron chi connectivity index (χ3n) is 4.83. The van der Waals surface area contributed by atoms with Gasteiger partial charge in [0.25, 0.3) is 11.4 Å². The number of hydrogen-bond acceptors (Lipinski definition) is 6. The van der Waals surface area contributed by atoms with Crippen molar-refractivity contribution in [2.45, 2.75) is 39.3 Å². The highest BCUT2D eigenvalue weighted by Crippen LogP contribution is 2.28. The summed E-state index contributed by atoms with van der Waals surface area (Å²) in [5, 5.41) is 4.58. The van der Waals surface area contributed by atoms with Crippen LogP contribution >= 0.6 is 11.6 Å². The highest BCUT2D eigenvalue weighted by Gasteiger charge is 2.29.